The number of rotatable bonds is 8. The SMILES string of the molecule is CCNC(=NCC1(N2CCCCC2)CCN(C)CC1)NCCCOC. The summed E-state index contributed by atoms with van der Waals surface area (Å²) < 4.78 is 5.13. The molecule has 0 aromatic rings. The fourth-order valence-electron chi connectivity index (χ4n) is 3.97. The zero-order valence-corrected chi connectivity index (χ0v) is 16.6. The molecule has 146 valence electrons. The lowest BCUT2D eigenvalue weighted by molar-refractivity contribution is 0.0208. The summed E-state index contributed by atoms with van der Waals surface area (Å²) in [6.45, 7) is 10.5. The molecule has 6 nitrogen and oxygen atoms in total. The van der Waals surface area contributed by atoms with Crippen molar-refractivity contribution in [2.24, 2.45) is 4.99 Å². The molecule has 0 saturated carbocycles. The number of nitrogens with one attached hydrogen (secondary N) is 2. The lowest BCUT2D eigenvalue weighted by atomic mass is 9.84. The molecule has 0 atom stereocenters. The highest BCUT2D eigenvalue weighted by Crippen LogP contribution is 2.31. The minimum atomic E-state index is 0.252. The van der Waals surface area contributed by atoms with Crippen molar-refractivity contribution < 1.29 is 4.74 Å². The molecule has 2 saturated heterocycles. The largest absolute Gasteiger partial charge is 0.385 e. The van der Waals surface area contributed by atoms with Gasteiger partial charge in [0.05, 0.1) is 6.54 Å². The number of methoxy groups -OCH3 is 1. The zero-order chi connectivity index (χ0) is 18.0. The number of hydrogen-bond acceptors (Lipinski definition) is 4. The Morgan fingerprint density at radius 2 is 1.80 bits per heavy atom. The molecule has 25 heavy (non-hydrogen) atoms. The van der Waals surface area contributed by atoms with Crippen LogP contribution in [0, 0.1) is 0 Å². The third kappa shape index (κ3) is 6.42. The van der Waals surface area contributed by atoms with Gasteiger partial charge >= 0.3 is 0 Å². The molecule has 2 rings (SSSR count). The second kappa shape index (κ2) is 11.0. The van der Waals surface area contributed by atoms with Gasteiger partial charge in [0.2, 0.25) is 0 Å². The topological polar surface area (TPSA) is 52.1 Å². The molecule has 2 heterocycles. The Labute approximate surface area is 154 Å². The number of guanidine groups is 1. The first-order valence-corrected chi connectivity index (χ1v) is 10.1. The smallest absolute Gasteiger partial charge is 0.191 e. The Hall–Kier alpha value is -0.850. The van der Waals surface area contributed by atoms with Crippen molar-refractivity contribution >= 4 is 5.96 Å². The second-order valence-electron chi connectivity index (χ2n) is 7.54. The van der Waals surface area contributed by atoms with Crippen LogP contribution in [0.15, 0.2) is 4.99 Å². The lowest BCUT2D eigenvalue weighted by Crippen LogP contribution is -2.58. The minimum absolute atomic E-state index is 0.252. The van der Waals surface area contributed by atoms with Crippen LogP contribution in [-0.4, -0.2) is 87.9 Å². The molecule has 2 aliphatic rings. The molecule has 6 heteroatoms. The maximum Gasteiger partial charge on any atom is 0.191 e. The van der Waals surface area contributed by atoms with E-state index in [4.69, 9.17) is 9.73 Å². The number of hydrogen-bond donors (Lipinski definition) is 2. The fourth-order valence-corrected chi connectivity index (χ4v) is 3.97. The van der Waals surface area contributed by atoms with Crippen LogP contribution in [0.5, 0.6) is 0 Å². The van der Waals surface area contributed by atoms with Crippen molar-refractivity contribution in [2.75, 3.05) is 66.6 Å². The van der Waals surface area contributed by atoms with E-state index in [2.05, 4.69) is 34.4 Å². The maximum atomic E-state index is 5.13. The van der Waals surface area contributed by atoms with Gasteiger partial charge in [-0.3, -0.25) is 9.89 Å². The van der Waals surface area contributed by atoms with Gasteiger partial charge in [-0.1, -0.05) is 6.42 Å². The molecule has 0 aliphatic carbocycles. The van der Waals surface area contributed by atoms with Crippen LogP contribution in [0.3, 0.4) is 0 Å². The summed E-state index contributed by atoms with van der Waals surface area (Å²) in [6, 6.07) is 0. The van der Waals surface area contributed by atoms with Gasteiger partial charge in [0.25, 0.3) is 0 Å². The van der Waals surface area contributed by atoms with E-state index in [1.54, 1.807) is 7.11 Å². The molecule has 0 radical (unpaired) electrons. The van der Waals surface area contributed by atoms with Crippen molar-refractivity contribution in [3.8, 4) is 0 Å². The normalized spacial score (nSPS) is 22.8. The Morgan fingerprint density at radius 1 is 1.08 bits per heavy atom. The first-order valence-electron chi connectivity index (χ1n) is 10.1. The van der Waals surface area contributed by atoms with E-state index in [1.807, 2.05) is 0 Å². The third-order valence-corrected chi connectivity index (χ3v) is 5.64. The highest BCUT2D eigenvalue weighted by Gasteiger charge is 2.39. The predicted octanol–water partition coefficient (Wildman–Crippen LogP) is 1.53. The molecular formula is C19H39N5O. The number of likely N-dealkylation sites (tertiary alicyclic amines) is 2. The summed E-state index contributed by atoms with van der Waals surface area (Å²) >= 11 is 0. The number of nitrogens with zero attached hydrogens (tertiary/aromatic N) is 3. The summed E-state index contributed by atoms with van der Waals surface area (Å²) in [5.41, 5.74) is 0.252. The molecule has 0 amide bonds. The van der Waals surface area contributed by atoms with Gasteiger partial charge in [-0.05, 0) is 72.3 Å². The summed E-state index contributed by atoms with van der Waals surface area (Å²) in [7, 11) is 3.99. The van der Waals surface area contributed by atoms with Crippen LogP contribution >= 0.6 is 0 Å². The van der Waals surface area contributed by atoms with Crippen LogP contribution in [0.4, 0.5) is 0 Å². The third-order valence-electron chi connectivity index (χ3n) is 5.64. The molecule has 0 aromatic heterocycles. The molecule has 0 bridgehead atoms. The second-order valence-corrected chi connectivity index (χ2v) is 7.54. The zero-order valence-electron chi connectivity index (χ0n) is 16.6. The Kier molecular flexibility index (Phi) is 8.99. The van der Waals surface area contributed by atoms with Crippen molar-refractivity contribution in [1.29, 1.82) is 0 Å². The molecule has 0 aromatic carbocycles. The van der Waals surface area contributed by atoms with Gasteiger partial charge in [-0.25, -0.2) is 0 Å². The Balaban J connectivity index is 2.00. The summed E-state index contributed by atoms with van der Waals surface area (Å²) in [5.74, 6) is 0.953. The van der Waals surface area contributed by atoms with Crippen LogP contribution in [0.2, 0.25) is 0 Å². The van der Waals surface area contributed by atoms with Gasteiger partial charge < -0.3 is 20.3 Å². The summed E-state index contributed by atoms with van der Waals surface area (Å²) in [4.78, 5) is 10.2. The Morgan fingerprint density at radius 3 is 2.44 bits per heavy atom. The van der Waals surface area contributed by atoms with Gasteiger partial charge in [0.15, 0.2) is 5.96 Å². The van der Waals surface area contributed by atoms with Crippen molar-refractivity contribution in [1.82, 2.24) is 20.4 Å². The van der Waals surface area contributed by atoms with E-state index < -0.39 is 0 Å². The van der Waals surface area contributed by atoms with Crippen molar-refractivity contribution in [2.45, 2.75) is 51.0 Å². The van der Waals surface area contributed by atoms with Crippen LogP contribution in [-0.2, 0) is 4.74 Å². The fraction of sp³-hybridized carbons (Fsp3) is 0.947. The lowest BCUT2D eigenvalue weighted by Gasteiger charge is -2.49. The van der Waals surface area contributed by atoms with Gasteiger partial charge in [0.1, 0.15) is 0 Å². The quantitative estimate of drug-likeness (QED) is 0.394. The van der Waals surface area contributed by atoms with Crippen LogP contribution < -0.4 is 10.6 Å². The summed E-state index contributed by atoms with van der Waals surface area (Å²) in [5, 5.41) is 6.85. The molecule has 2 fully saturated rings. The van der Waals surface area contributed by atoms with Crippen LogP contribution in [0.1, 0.15) is 45.4 Å². The van der Waals surface area contributed by atoms with E-state index in [1.165, 1.54) is 58.3 Å². The predicted molar refractivity (Wildman–Crippen MR) is 105 cm³/mol. The highest BCUT2D eigenvalue weighted by atomic mass is 16.5. The number of ether oxygens (including phenoxy) is 1. The minimum Gasteiger partial charge on any atom is -0.385 e. The van der Waals surface area contributed by atoms with Gasteiger partial charge in [-0.2, -0.15) is 0 Å². The molecule has 2 aliphatic heterocycles. The standard InChI is InChI=1S/C19H39N5O/c1-4-20-18(21-11-8-16-25-3)22-17-19(9-14-23(2)15-10-19)24-12-6-5-7-13-24/h4-17H2,1-3H3,(H2,20,21,22). The summed E-state index contributed by atoms with van der Waals surface area (Å²) in [6.07, 6.45) is 7.54. The van der Waals surface area contributed by atoms with Gasteiger partial charge in [-0.15, -0.1) is 0 Å². The van der Waals surface area contributed by atoms with E-state index in [9.17, 15) is 0 Å². The average Bonchev–Trinajstić information content (AvgIpc) is 2.65. The number of aliphatic imine (C=N–C) groups is 1. The average molecular weight is 354 g/mol. The van der Waals surface area contributed by atoms with Crippen molar-refractivity contribution in [3.05, 3.63) is 0 Å². The molecule has 2 N–H and O–H groups in total. The maximum absolute atomic E-state index is 5.13. The Bertz CT molecular complexity index is 387. The first kappa shape index (κ1) is 20.5. The van der Waals surface area contributed by atoms with E-state index in [0.29, 0.717) is 0 Å². The molecule has 0 spiro atoms. The number of piperidine rings is 2. The van der Waals surface area contributed by atoms with E-state index >= 15 is 0 Å². The van der Waals surface area contributed by atoms with Crippen molar-refractivity contribution in [3.63, 3.8) is 0 Å². The van der Waals surface area contributed by atoms with E-state index in [-0.39, 0.29) is 5.54 Å². The van der Waals surface area contributed by atoms with E-state index in [0.717, 1.165) is 38.6 Å². The molecular weight excluding hydrogens is 314 g/mol. The first-order chi connectivity index (χ1) is 12.2. The highest BCUT2D eigenvalue weighted by molar-refractivity contribution is 5.79. The van der Waals surface area contributed by atoms with Gasteiger partial charge in [0, 0.05) is 32.3 Å². The molecule has 0 unspecified atom stereocenters. The monoisotopic (exact) mass is 353 g/mol. The van der Waals surface area contributed by atoms with Crippen LogP contribution in [0.25, 0.3) is 0 Å².